The van der Waals surface area contributed by atoms with Gasteiger partial charge < -0.3 is 9.84 Å². The maximum absolute atomic E-state index is 10.9. The molecule has 0 unspecified atom stereocenters. The van der Waals surface area contributed by atoms with Crippen LogP contribution in [-0.2, 0) is 9.53 Å². The summed E-state index contributed by atoms with van der Waals surface area (Å²) in [5, 5.41) is 8.62. The van der Waals surface area contributed by atoms with Crippen LogP contribution in [0, 0.1) is 0 Å². The van der Waals surface area contributed by atoms with E-state index >= 15 is 0 Å². The molecule has 0 rings (SSSR count). The van der Waals surface area contributed by atoms with Gasteiger partial charge in [0.05, 0.1) is 7.11 Å². The van der Waals surface area contributed by atoms with Crippen molar-refractivity contribution in [3.8, 4) is 0 Å². The van der Waals surface area contributed by atoms with Crippen molar-refractivity contribution in [1.82, 2.24) is 0 Å². The van der Waals surface area contributed by atoms with Crippen molar-refractivity contribution in [2.45, 2.75) is 51.4 Å². The van der Waals surface area contributed by atoms with Gasteiger partial charge in [-0.1, -0.05) is 36.5 Å². The van der Waals surface area contributed by atoms with E-state index < -0.39 is 0 Å². The summed E-state index contributed by atoms with van der Waals surface area (Å²) in [4.78, 5) is 10.9. The van der Waals surface area contributed by atoms with Gasteiger partial charge in [0.25, 0.3) is 0 Å². The highest BCUT2D eigenvalue weighted by Crippen LogP contribution is 2.00. The predicted molar refractivity (Wildman–Crippen MR) is 83.5 cm³/mol. The van der Waals surface area contributed by atoms with E-state index in [4.69, 9.17) is 5.11 Å². The van der Waals surface area contributed by atoms with Crippen LogP contribution in [-0.4, -0.2) is 24.8 Å². The zero-order chi connectivity index (χ0) is 14.9. The first kappa shape index (κ1) is 18.7. The Kier molecular flexibility index (Phi) is 14.6. The second kappa shape index (κ2) is 15.7. The lowest BCUT2D eigenvalue weighted by Gasteiger charge is -1.95. The molecule has 114 valence electrons. The molecule has 0 saturated carbocycles. The molecule has 3 nitrogen and oxygen atoms in total. The largest absolute Gasteiger partial charge is 0.469 e. The minimum Gasteiger partial charge on any atom is -0.469 e. The Balaban J connectivity index is 3.36. The van der Waals surface area contributed by atoms with Crippen LogP contribution in [0.4, 0.5) is 0 Å². The van der Waals surface area contributed by atoms with Gasteiger partial charge in [-0.3, -0.25) is 4.79 Å². The maximum Gasteiger partial charge on any atom is 0.305 e. The third kappa shape index (κ3) is 14.7. The fourth-order valence-electron chi connectivity index (χ4n) is 1.62. The first-order valence-electron chi connectivity index (χ1n) is 7.44. The molecule has 0 aliphatic rings. The SMILES string of the molecule is COC(=O)CCC/C=C\C/C=C\C/C=C\CCCCO. The molecule has 20 heavy (non-hydrogen) atoms. The van der Waals surface area contributed by atoms with E-state index in [0.29, 0.717) is 13.0 Å². The van der Waals surface area contributed by atoms with E-state index in [1.807, 2.05) is 0 Å². The molecule has 0 aromatic rings. The Labute approximate surface area is 123 Å². The van der Waals surface area contributed by atoms with Crippen molar-refractivity contribution in [2.24, 2.45) is 0 Å². The number of carbonyl (C=O) groups is 1. The number of esters is 1. The predicted octanol–water partition coefficient (Wildman–Crippen LogP) is 3.94. The minimum absolute atomic E-state index is 0.135. The van der Waals surface area contributed by atoms with Gasteiger partial charge in [-0.15, -0.1) is 0 Å². The van der Waals surface area contributed by atoms with Crippen LogP contribution in [0.3, 0.4) is 0 Å². The molecule has 0 aliphatic carbocycles. The number of hydrogen-bond acceptors (Lipinski definition) is 3. The molecule has 0 spiro atoms. The molecular weight excluding hydrogens is 252 g/mol. The number of rotatable bonds is 12. The third-order valence-electron chi connectivity index (χ3n) is 2.80. The Morgan fingerprint density at radius 2 is 1.45 bits per heavy atom. The molecule has 0 aliphatic heterocycles. The van der Waals surface area contributed by atoms with Crippen molar-refractivity contribution < 1.29 is 14.6 Å². The molecule has 0 aromatic heterocycles. The van der Waals surface area contributed by atoms with Crippen molar-refractivity contribution in [2.75, 3.05) is 13.7 Å². The van der Waals surface area contributed by atoms with Gasteiger partial charge in [0.15, 0.2) is 0 Å². The highest BCUT2D eigenvalue weighted by atomic mass is 16.5. The van der Waals surface area contributed by atoms with E-state index in [-0.39, 0.29) is 5.97 Å². The first-order valence-corrected chi connectivity index (χ1v) is 7.44. The average Bonchev–Trinajstić information content (AvgIpc) is 2.47. The van der Waals surface area contributed by atoms with Crippen LogP contribution in [0.15, 0.2) is 36.5 Å². The van der Waals surface area contributed by atoms with Crippen LogP contribution < -0.4 is 0 Å². The van der Waals surface area contributed by atoms with Gasteiger partial charge in [-0.05, 0) is 44.9 Å². The molecule has 0 amide bonds. The van der Waals surface area contributed by atoms with Gasteiger partial charge in [0.2, 0.25) is 0 Å². The second-order valence-electron chi connectivity index (χ2n) is 4.57. The van der Waals surface area contributed by atoms with Crippen LogP contribution in [0.25, 0.3) is 0 Å². The summed E-state index contributed by atoms with van der Waals surface area (Å²) >= 11 is 0. The van der Waals surface area contributed by atoms with Gasteiger partial charge >= 0.3 is 5.97 Å². The standard InChI is InChI=1S/C17H28O3/c1-20-17(19)15-13-11-9-7-5-3-2-4-6-8-10-12-14-16-18/h2-3,6-9,18H,4-5,10-16H2,1H3/b3-2-,8-6-,9-7-. The highest BCUT2D eigenvalue weighted by molar-refractivity contribution is 5.68. The number of aliphatic hydroxyl groups is 1. The monoisotopic (exact) mass is 280 g/mol. The summed E-state index contributed by atoms with van der Waals surface area (Å²) in [6.45, 7) is 0.291. The van der Waals surface area contributed by atoms with Crippen LogP contribution >= 0.6 is 0 Å². The molecule has 1 N–H and O–H groups in total. The fraction of sp³-hybridized carbons (Fsp3) is 0.588. The maximum atomic E-state index is 10.9. The second-order valence-corrected chi connectivity index (χ2v) is 4.57. The van der Waals surface area contributed by atoms with E-state index in [2.05, 4.69) is 41.2 Å². The lowest BCUT2D eigenvalue weighted by molar-refractivity contribution is -0.140. The van der Waals surface area contributed by atoms with E-state index in [1.165, 1.54) is 7.11 Å². The average molecular weight is 280 g/mol. The van der Waals surface area contributed by atoms with E-state index in [9.17, 15) is 4.79 Å². The Morgan fingerprint density at radius 1 is 0.900 bits per heavy atom. The fourth-order valence-corrected chi connectivity index (χ4v) is 1.62. The number of allylic oxidation sites excluding steroid dienone is 6. The molecule has 0 bridgehead atoms. The first-order chi connectivity index (χ1) is 9.81. The van der Waals surface area contributed by atoms with Crippen molar-refractivity contribution >= 4 is 5.97 Å². The number of aliphatic hydroxyl groups excluding tert-OH is 1. The lowest BCUT2D eigenvalue weighted by Crippen LogP contribution is -1.98. The van der Waals surface area contributed by atoms with Crippen molar-refractivity contribution in [3.05, 3.63) is 36.5 Å². The Hall–Kier alpha value is -1.35. The quantitative estimate of drug-likeness (QED) is 0.334. The summed E-state index contributed by atoms with van der Waals surface area (Å²) in [6.07, 6.45) is 20.0. The van der Waals surface area contributed by atoms with Crippen molar-refractivity contribution in [1.29, 1.82) is 0 Å². The summed E-state index contributed by atoms with van der Waals surface area (Å²) in [5.41, 5.74) is 0. The van der Waals surface area contributed by atoms with Crippen LogP contribution in [0.5, 0.6) is 0 Å². The summed E-state index contributed by atoms with van der Waals surface area (Å²) < 4.78 is 4.57. The number of methoxy groups -OCH3 is 1. The molecule has 3 heteroatoms. The van der Waals surface area contributed by atoms with Crippen LogP contribution in [0.1, 0.15) is 51.4 Å². The molecule has 0 saturated heterocycles. The number of ether oxygens (including phenoxy) is 1. The summed E-state index contributed by atoms with van der Waals surface area (Å²) in [7, 11) is 1.42. The normalized spacial score (nSPS) is 11.9. The van der Waals surface area contributed by atoms with E-state index in [1.54, 1.807) is 0 Å². The molecule has 0 fully saturated rings. The smallest absolute Gasteiger partial charge is 0.305 e. The Morgan fingerprint density at radius 3 is 2.00 bits per heavy atom. The van der Waals surface area contributed by atoms with Gasteiger partial charge in [-0.2, -0.15) is 0 Å². The van der Waals surface area contributed by atoms with Crippen LogP contribution in [0.2, 0.25) is 0 Å². The molecule has 0 heterocycles. The van der Waals surface area contributed by atoms with E-state index in [0.717, 1.165) is 44.9 Å². The highest BCUT2D eigenvalue weighted by Gasteiger charge is 1.96. The molecular formula is C17H28O3. The number of carbonyl (C=O) groups excluding carboxylic acids is 1. The van der Waals surface area contributed by atoms with Crippen molar-refractivity contribution in [3.63, 3.8) is 0 Å². The number of hydrogen-bond donors (Lipinski definition) is 1. The zero-order valence-electron chi connectivity index (χ0n) is 12.6. The minimum atomic E-state index is -0.135. The molecule has 0 radical (unpaired) electrons. The third-order valence-corrected chi connectivity index (χ3v) is 2.80. The lowest BCUT2D eigenvalue weighted by atomic mass is 10.2. The summed E-state index contributed by atoms with van der Waals surface area (Å²) in [5.74, 6) is -0.135. The van der Waals surface area contributed by atoms with Gasteiger partial charge in [-0.25, -0.2) is 0 Å². The summed E-state index contributed by atoms with van der Waals surface area (Å²) in [6, 6.07) is 0. The Bertz CT molecular complexity index is 303. The van der Waals surface area contributed by atoms with Gasteiger partial charge in [0, 0.05) is 13.0 Å². The topological polar surface area (TPSA) is 46.5 Å². The molecule has 0 atom stereocenters. The number of unbranched alkanes of at least 4 members (excludes halogenated alkanes) is 3. The molecule has 0 aromatic carbocycles. The van der Waals surface area contributed by atoms with Gasteiger partial charge in [0.1, 0.15) is 0 Å². The zero-order valence-corrected chi connectivity index (χ0v) is 12.6.